The van der Waals surface area contributed by atoms with E-state index >= 15 is 0 Å². The summed E-state index contributed by atoms with van der Waals surface area (Å²) in [6, 6.07) is 1.53. The highest BCUT2D eigenvalue weighted by Gasteiger charge is 2.21. The van der Waals surface area contributed by atoms with E-state index < -0.39 is 11.6 Å². The average molecular weight is 301 g/mol. The van der Waals surface area contributed by atoms with Crippen LogP contribution in [-0.4, -0.2) is 15.0 Å². The van der Waals surface area contributed by atoms with Gasteiger partial charge < -0.3 is 5.73 Å². The molecule has 0 saturated carbocycles. The molecule has 7 heteroatoms. The van der Waals surface area contributed by atoms with E-state index in [1.165, 1.54) is 4.68 Å². The van der Waals surface area contributed by atoms with Crippen LogP contribution in [0.3, 0.4) is 0 Å². The Kier molecular flexibility index (Phi) is 4.35. The molecule has 1 atom stereocenters. The van der Waals surface area contributed by atoms with Crippen LogP contribution in [0.25, 0.3) is 5.69 Å². The Bertz CT molecular complexity index is 604. The van der Waals surface area contributed by atoms with Crippen molar-refractivity contribution in [1.29, 1.82) is 0 Å². The van der Waals surface area contributed by atoms with Crippen molar-refractivity contribution >= 4 is 11.6 Å². The highest BCUT2D eigenvalue weighted by molar-refractivity contribution is 6.32. The zero-order chi connectivity index (χ0) is 14.9. The predicted molar refractivity (Wildman–Crippen MR) is 72.9 cm³/mol. The number of nitrogens with zero attached hydrogens (tertiary/aromatic N) is 3. The smallest absolute Gasteiger partial charge is 0.153 e. The summed E-state index contributed by atoms with van der Waals surface area (Å²) in [7, 11) is 0. The third kappa shape index (κ3) is 2.53. The van der Waals surface area contributed by atoms with Crippen molar-refractivity contribution in [3.63, 3.8) is 0 Å². The lowest BCUT2D eigenvalue weighted by molar-refractivity contribution is 0.569. The van der Waals surface area contributed by atoms with Gasteiger partial charge in [0.05, 0.1) is 16.8 Å². The van der Waals surface area contributed by atoms with Gasteiger partial charge in [0.25, 0.3) is 0 Å². The van der Waals surface area contributed by atoms with E-state index in [0.29, 0.717) is 24.2 Å². The fraction of sp³-hybridized carbons (Fsp3) is 0.385. The van der Waals surface area contributed by atoms with Crippen molar-refractivity contribution in [2.75, 3.05) is 0 Å². The molecule has 0 saturated heterocycles. The fourth-order valence-corrected chi connectivity index (χ4v) is 2.32. The van der Waals surface area contributed by atoms with Crippen LogP contribution >= 0.6 is 11.6 Å². The molecule has 0 spiro atoms. The first-order valence-corrected chi connectivity index (χ1v) is 6.72. The fourth-order valence-electron chi connectivity index (χ4n) is 2.04. The van der Waals surface area contributed by atoms with E-state index in [-0.39, 0.29) is 16.8 Å². The minimum absolute atomic E-state index is 0.00744. The van der Waals surface area contributed by atoms with Gasteiger partial charge in [-0.15, -0.1) is 5.10 Å². The van der Waals surface area contributed by atoms with Gasteiger partial charge >= 0.3 is 0 Å². The van der Waals surface area contributed by atoms with Crippen LogP contribution < -0.4 is 5.73 Å². The van der Waals surface area contributed by atoms with Gasteiger partial charge in [-0.25, -0.2) is 13.5 Å². The molecule has 2 aromatic rings. The van der Waals surface area contributed by atoms with E-state index in [1.807, 2.05) is 13.8 Å². The third-order valence-electron chi connectivity index (χ3n) is 3.11. The third-order valence-corrected chi connectivity index (χ3v) is 3.40. The molecule has 0 aliphatic carbocycles. The van der Waals surface area contributed by atoms with Gasteiger partial charge in [0.1, 0.15) is 17.2 Å². The maximum absolute atomic E-state index is 14.0. The SMILES string of the molecule is CCc1c(C(N)CC)nnn1-c1c(F)cc(F)cc1Cl. The van der Waals surface area contributed by atoms with Crippen LogP contribution in [0.4, 0.5) is 8.78 Å². The largest absolute Gasteiger partial charge is 0.323 e. The van der Waals surface area contributed by atoms with Crippen molar-refractivity contribution in [2.24, 2.45) is 5.73 Å². The number of halogens is 3. The summed E-state index contributed by atoms with van der Waals surface area (Å²) in [6.07, 6.45) is 1.24. The summed E-state index contributed by atoms with van der Waals surface area (Å²) < 4.78 is 28.4. The minimum atomic E-state index is -0.786. The molecule has 0 aliphatic rings. The molecule has 0 aliphatic heterocycles. The molecule has 0 bridgehead atoms. The molecule has 4 nitrogen and oxygen atoms in total. The molecule has 1 aromatic carbocycles. The van der Waals surface area contributed by atoms with Gasteiger partial charge in [0, 0.05) is 6.07 Å². The highest BCUT2D eigenvalue weighted by atomic mass is 35.5. The van der Waals surface area contributed by atoms with Crippen LogP contribution in [0, 0.1) is 11.6 Å². The Hall–Kier alpha value is -1.53. The standard InChI is InChI=1S/C13H15ClF2N4/c1-3-10(17)12-11(4-2)20(19-18-12)13-8(14)5-7(15)6-9(13)16/h5-6,10H,3-4,17H2,1-2H3. The first-order chi connectivity index (χ1) is 9.49. The number of hydrogen-bond donors (Lipinski definition) is 1. The second-order valence-electron chi connectivity index (χ2n) is 4.42. The molecular weight excluding hydrogens is 286 g/mol. The molecule has 1 aromatic heterocycles. The predicted octanol–water partition coefficient (Wildman–Crippen LogP) is 3.17. The zero-order valence-corrected chi connectivity index (χ0v) is 12.0. The first kappa shape index (κ1) is 14.9. The zero-order valence-electron chi connectivity index (χ0n) is 11.2. The molecule has 2 rings (SSSR count). The van der Waals surface area contributed by atoms with E-state index in [9.17, 15) is 8.78 Å². The van der Waals surface area contributed by atoms with E-state index in [4.69, 9.17) is 17.3 Å². The van der Waals surface area contributed by atoms with Crippen LogP contribution in [0.1, 0.15) is 37.7 Å². The van der Waals surface area contributed by atoms with Gasteiger partial charge in [-0.1, -0.05) is 30.7 Å². The summed E-state index contributed by atoms with van der Waals surface area (Å²) in [5.41, 5.74) is 7.23. The number of nitrogens with two attached hydrogens (primary N) is 1. The van der Waals surface area contributed by atoms with Crippen LogP contribution in [0.2, 0.25) is 5.02 Å². The van der Waals surface area contributed by atoms with Crippen LogP contribution in [0.5, 0.6) is 0 Å². The minimum Gasteiger partial charge on any atom is -0.323 e. The van der Waals surface area contributed by atoms with Gasteiger partial charge in [0.2, 0.25) is 0 Å². The van der Waals surface area contributed by atoms with Crippen molar-refractivity contribution < 1.29 is 8.78 Å². The van der Waals surface area contributed by atoms with Crippen molar-refractivity contribution in [1.82, 2.24) is 15.0 Å². The maximum Gasteiger partial charge on any atom is 0.153 e. The Labute approximate surface area is 120 Å². The van der Waals surface area contributed by atoms with Gasteiger partial charge in [-0.2, -0.15) is 0 Å². The quantitative estimate of drug-likeness (QED) is 0.943. The molecule has 0 amide bonds. The lowest BCUT2D eigenvalue weighted by Crippen LogP contribution is -2.13. The molecule has 1 heterocycles. The summed E-state index contributed by atoms with van der Waals surface area (Å²) in [6.45, 7) is 3.81. The molecule has 20 heavy (non-hydrogen) atoms. The second kappa shape index (κ2) is 5.85. The average Bonchev–Trinajstić information content (AvgIpc) is 2.80. The lowest BCUT2D eigenvalue weighted by Gasteiger charge is -2.11. The Balaban J connectivity index is 2.62. The van der Waals surface area contributed by atoms with Crippen molar-refractivity contribution in [3.8, 4) is 5.69 Å². The normalized spacial score (nSPS) is 12.7. The number of hydrogen-bond acceptors (Lipinski definition) is 3. The molecule has 108 valence electrons. The summed E-state index contributed by atoms with van der Waals surface area (Å²) >= 11 is 5.92. The Morgan fingerprint density at radius 2 is 2.05 bits per heavy atom. The first-order valence-electron chi connectivity index (χ1n) is 6.34. The summed E-state index contributed by atoms with van der Waals surface area (Å²) in [5.74, 6) is -1.52. The number of benzene rings is 1. The maximum atomic E-state index is 14.0. The Morgan fingerprint density at radius 3 is 2.60 bits per heavy atom. The van der Waals surface area contributed by atoms with Crippen molar-refractivity contribution in [2.45, 2.75) is 32.7 Å². The topological polar surface area (TPSA) is 56.7 Å². The Morgan fingerprint density at radius 1 is 1.35 bits per heavy atom. The summed E-state index contributed by atoms with van der Waals surface area (Å²) in [4.78, 5) is 0. The number of rotatable bonds is 4. The van der Waals surface area contributed by atoms with Crippen LogP contribution in [-0.2, 0) is 6.42 Å². The lowest BCUT2D eigenvalue weighted by atomic mass is 10.1. The van der Waals surface area contributed by atoms with E-state index in [0.717, 1.165) is 12.1 Å². The molecule has 0 fully saturated rings. The summed E-state index contributed by atoms with van der Waals surface area (Å²) in [5, 5.41) is 7.87. The molecule has 0 radical (unpaired) electrons. The van der Waals surface area contributed by atoms with E-state index in [2.05, 4.69) is 10.3 Å². The highest BCUT2D eigenvalue weighted by Crippen LogP contribution is 2.27. The molecular formula is C13H15ClF2N4. The molecule has 1 unspecified atom stereocenters. The van der Waals surface area contributed by atoms with Crippen LogP contribution in [0.15, 0.2) is 12.1 Å². The molecule has 2 N–H and O–H groups in total. The van der Waals surface area contributed by atoms with Gasteiger partial charge in [-0.3, -0.25) is 0 Å². The van der Waals surface area contributed by atoms with Crippen molar-refractivity contribution in [3.05, 3.63) is 40.2 Å². The number of aromatic nitrogens is 3. The van der Waals surface area contributed by atoms with Gasteiger partial charge in [0.15, 0.2) is 5.82 Å². The monoisotopic (exact) mass is 300 g/mol. The second-order valence-corrected chi connectivity index (χ2v) is 4.83. The van der Waals surface area contributed by atoms with Gasteiger partial charge in [-0.05, 0) is 18.9 Å². The van der Waals surface area contributed by atoms with E-state index in [1.54, 1.807) is 0 Å².